The van der Waals surface area contributed by atoms with Crippen LogP contribution in [0.15, 0.2) is 48.0 Å². The van der Waals surface area contributed by atoms with Gasteiger partial charge < -0.3 is 15.2 Å². The highest BCUT2D eigenvalue weighted by Gasteiger charge is 2.08. The summed E-state index contributed by atoms with van der Waals surface area (Å²) in [5.41, 5.74) is 2.66. The first-order chi connectivity index (χ1) is 11.6. The Balaban J connectivity index is 0.00000312. The molecule has 0 bridgehead atoms. The maximum atomic E-state index is 4.30. The van der Waals surface area contributed by atoms with Crippen molar-refractivity contribution in [1.82, 2.24) is 20.2 Å². The lowest BCUT2D eigenvalue weighted by molar-refractivity contribution is 0.638. The summed E-state index contributed by atoms with van der Waals surface area (Å²) in [6, 6.07) is 9.06. The van der Waals surface area contributed by atoms with Gasteiger partial charge >= 0.3 is 0 Å². The monoisotopic (exact) mass is 455 g/mol. The van der Waals surface area contributed by atoms with Crippen LogP contribution in [-0.4, -0.2) is 29.1 Å². The number of hydrogen-bond acceptors (Lipinski definition) is 2. The molecule has 1 heterocycles. The van der Waals surface area contributed by atoms with Crippen LogP contribution >= 0.6 is 24.0 Å². The fraction of sp³-hybridized carbons (Fsp3) is 0.474. The van der Waals surface area contributed by atoms with Crippen LogP contribution in [-0.2, 0) is 13.0 Å². The highest BCUT2D eigenvalue weighted by atomic mass is 127. The number of imidazole rings is 1. The van der Waals surface area contributed by atoms with E-state index >= 15 is 0 Å². The molecule has 5 nitrogen and oxygen atoms in total. The van der Waals surface area contributed by atoms with Gasteiger partial charge in [-0.05, 0) is 30.4 Å². The molecule has 1 unspecified atom stereocenters. The topological polar surface area (TPSA) is 54.2 Å². The molecule has 0 radical (unpaired) electrons. The molecule has 1 aromatic carbocycles. The Morgan fingerprint density at radius 1 is 1.20 bits per heavy atom. The van der Waals surface area contributed by atoms with Gasteiger partial charge in [0.15, 0.2) is 5.96 Å². The number of guanidine groups is 1. The number of nitrogens with one attached hydrogen (secondary N) is 2. The van der Waals surface area contributed by atoms with Crippen molar-refractivity contribution in [2.45, 2.75) is 39.8 Å². The van der Waals surface area contributed by atoms with Crippen LogP contribution in [0.3, 0.4) is 0 Å². The molecular formula is C19H30IN5. The van der Waals surface area contributed by atoms with Crippen LogP contribution in [0.4, 0.5) is 0 Å². The lowest BCUT2D eigenvalue weighted by Gasteiger charge is -2.19. The predicted octanol–water partition coefficient (Wildman–Crippen LogP) is 3.63. The summed E-state index contributed by atoms with van der Waals surface area (Å²) >= 11 is 0. The molecule has 0 saturated heterocycles. The van der Waals surface area contributed by atoms with Gasteiger partial charge in [0.2, 0.25) is 0 Å². The van der Waals surface area contributed by atoms with E-state index in [-0.39, 0.29) is 30.0 Å². The second-order valence-corrected chi connectivity index (χ2v) is 6.51. The van der Waals surface area contributed by atoms with Crippen LogP contribution < -0.4 is 10.6 Å². The van der Waals surface area contributed by atoms with E-state index in [0.29, 0.717) is 5.92 Å². The minimum atomic E-state index is 0. The highest BCUT2D eigenvalue weighted by molar-refractivity contribution is 14.0. The molecule has 0 amide bonds. The number of hydrogen-bond donors (Lipinski definition) is 2. The molecule has 0 aliphatic rings. The minimum absolute atomic E-state index is 0. The molecule has 0 fully saturated rings. The zero-order valence-electron chi connectivity index (χ0n) is 15.6. The molecule has 25 heavy (non-hydrogen) atoms. The third-order valence-electron chi connectivity index (χ3n) is 3.92. The van der Waals surface area contributed by atoms with Gasteiger partial charge in [-0.2, -0.15) is 0 Å². The van der Waals surface area contributed by atoms with E-state index in [4.69, 9.17) is 0 Å². The maximum Gasteiger partial charge on any atom is 0.191 e. The molecule has 1 atom stereocenters. The van der Waals surface area contributed by atoms with E-state index in [9.17, 15) is 0 Å². The van der Waals surface area contributed by atoms with Crippen molar-refractivity contribution in [1.29, 1.82) is 0 Å². The summed E-state index contributed by atoms with van der Waals surface area (Å²) in [5.74, 6) is 1.50. The average molecular weight is 455 g/mol. The van der Waals surface area contributed by atoms with Gasteiger partial charge in [-0.1, -0.05) is 38.1 Å². The van der Waals surface area contributed by atoms with Crippen molar-refractivity contribution in [3.63, 3.8) is 0 Å². The van der Waals surface area contributed by atoms with E-state index in [2.05, 4.69) is 65.6 Å². The highest BCUT2D eigenvalue weighted by Crippen LogP contribution is 2.15. The third kappa shape index (κ3) is 7.46. The van der Waals surface area contributed by atoms with E-state index < -0.39 is 0 Å². The molecule has 0 aliphatic heterocycles. The molecular weight excluding hydrogens is 425 g/mol. The average Bonchev–Trinajstić information content (AvgIpc) is 3.07. The van der Waals surface area contributed by atoms with Gasteiger partial charge in [0.25, 0.3) is 0 Å². The zero-order chi connectivity index (χ0) is 17.4. The van der Waals surface area contributed by atoms with E-state index in [1.54, 1.807) is 13.2 Å². The number of aromatic nitrogens is 2. The third-order valence-corrected chi connectivity index (χ3v) is 3.92. The summed E-state index contributed by atoms with van der Waals surface area (Å²) in [4.78, 5) is 8.34. The molecule has 2 aromatic rings. The summed E-state index contributed by atoms with van der Waals surface area (Å²) < 4.78 is 2.04. The largest absolute Gasteiger partial charge is 0.355 e. The normalized spacial score (nSPS) is 12.6. The predicted molar refractivity (Wildman–Crippen MR) is 116 cm³/mol. The Kier molecular flexibility index (Phi) is 9.55. The van der Waals surface area contributed by atoms with Gasteiger partial charge in [0.1, 0.15) is 0 Å². The van der Waals surface area contributed by atoms with E-state index in [0.717, 1.165) is 25.5 Å². The Labute approximate surface area is 168 Å². The van der Waals surface area contributed by atoms with Crippen LogP contribution in [0.1, 0.15) is 37.9 Å². The standard InChI is InChI=1S/C19H29N5.HI/c1-15(2)13-17-5-7-18(8-6-17)16(3)23-19(20-4)22-10-12-24-11-9-21-14-24;/h5-9,11,14-16H,10,12-13H2,1-4H3,(H2,20,22,23);1H. The first kappa shape index (κ1) is 21.5. The lowest BCUT2D eigenvalue weighted by Crippen LogP contribution is -2.40. The Hall–Kier alpha value is -1.57. The molecule has 6 heteroatoms. The zero-order valence-corrected chi connectivity index (χ0v) is 17.9. The molecule has 0 spiro atoms. The molecule has 138 valence electrons. The van der Waals surface area contributed by atoms with Crippen LogP contribution in [0.5, 0.6) is 0 Å². The molecule has 2 rings (SSSR count). The van der Waals surface area contributed by atoms with Crippen LogP contribution in [0.2, 0.25) is 0 Å². The van der Waals surface area contributed by atoms with Gasteiger partial charge in [-0.15, -0.1) is 24.0 Å². The Morgan fingerprint density at radius 3 is 2.48 bits per heavy atom. The van der Waals surface area contributed by atoms with Gasteiger partial charge in [0, 0.05) is 32.5 Å². The second-order valence-electron chi connectivity index (χ2n) is 6.51. The Bertz CT molecular complexity index is 620. The molecule has 2 N–H and O–H groups in total. The van der Waals surface area contributed by atoms with E-state index in [1.165, 1.54) is 11.1 Å². The van der Waals surface area contributed by atoms with Crippen LogP contribution in [0.25, 0.3) is 0 Å². The number of rotatable bonds is 7. The first-order valence-corrected chi connectivity index (χ1v) is 8.60. The Morgan fingerprint density at radius 2 is 1.92 bits per heavy atom. The lowest BCUT2D eigenvalue weighted by atomic mass is 10.00. The fourth-order valence-corrected chi connectivity index (χ4v) is 2.62. The van der Waals surface area contributed by atoms with Crippen molar-refractivity contribution >= 4 is 29.9 Å². The van der Waals surface area contributed by atoms with E-state index in [1.807, 2.05) is 17.1 Å². The SMILES string of the molecule is CN=C(NCCn1ccnc1)NC(C)c1ccc(CC(C)C)cc1.I. The van der Waals surface area contributed by atoms with Crippen molar-refractivity contribution in [3.05, 3.63) is 54.1 Å². The molecule has 0 saturated carbocycles. The number of benzene rings is 1. The summed E-state index contributed by atoms with van der Waals surface area (Å²) in [5, 5.41) is 6.77. The fourth-order valence-electron chi connectivity index (χ4n) is 2.62. The number of nitrogens with zero attached hydrogens (tertiary/aromatic N) is 3. The quantitative estimate of drug-likeness (QED) is 0.381. The summed E-state index contributed by atoms with van der Waals surface area (Å²) in [7, 11) is 1.80. The summed E-state index contributed by atoms with van der Waals surface area (Å²) in [6.45, 7) is 8.31. The molecule has 1 aromatic heterocycles. The second kappa shape index (κ2) is 11.1. The maximum absolute atomic E-state index is 4.30. The van der Waals surface area contributed by atoms with Gasteiger partial charge in [-0.25, -0.2) is 4.98 Å². The van der Waals surface area contributed by atoms with Crippen molar-refractivity contribution in [2.75, 3.05) is 13.6 Å². The number of aliphatic imine (C=N–C) groups is 1. The smallest absolute Gasteiger partial charge is 0.191 e. The van der Waals surface area contributed by atoms with Gasteiger partial charge in [0.05, 0.1) is 12.4 Å². The first-order valence-electron chi connectivity index (χ1n) is 8.60. The van der Waals surface area contributed by atoms with Crippen molar-refractivity contribution in [2.24, 2.45) is 10.9 Å². The van der Waals surface area contributed by atoms with Crippen LogP contribution in [0, 0.1) is 5.92 Å². The van der Waals surface area contributed by atoms with Crippen molar-refractivity contribution < 1.29 is 0 Å². The van der Waals surface area contributed by atoms with Gasteiger partial charge in [-0.3, -0.25) is 4.99 Å². The minimum Gasteiger partial charge on any atom is -0.355 e. The molecule has 0 aliphatic carbocycles. The number of halogens is 1. The summed E-state index contributed by atoms with van der Waals surface area (Å²) in [6.07, 6.45) is 6.69. The van der Waals surface area contributed by atoms with Crippen molar-refractivity contribution in [3.8, 4) is 0 Å².